The van der Waals surface area contributed by atoms with Crippen LogP contribution in [0.15, 0.2) is 66.7 Å². The lowest BCUT2D eigenvalue weighted by Crippen LogP contribution is -2.27. The Morgan fingerprint density at radius 2 is 1.63 bits per heavy atom. The third kappa shape index (κ3) is 13.9. The standard InChI is InChI=1S/C18H15NO3S2.C18H25NO2S.C15H17NO4S/c1-11-19-14-4-3-13(7-18(14)24-11)15(20)9-23-8-12-2-5-16-17(6-12)22-10-21-16;1-3-4-5-6-7-8-22-12-17(20)15-10-14-11-18(21)19-16(14)9-13(15)2;1-15(2)10-6-9(4-5-11(10)16-14(15)19)12(17)7-21-8-13(18)20-3/h2-7,20H,1,8-10H2;9-10H,3-8,11-12H2,1-2H3,(H,19,21);4-6H,7-8H2,1-3H3,(H,16,19). The Morgan fingerprint density at radius 1 is 0.851 bits per heavy atom. The number of nitrogens with one attached hydrogen (secondary N) is 2. The molecule has 5 aromatic rings. The fraction of sp³-hybridized carbons (Fsp3) is 0.373. The molecule has 0 spiro atoms. The van der Waals surface area contributed by atoms with Gasteiger partial charge in [0.25, 0.3) is 0 Å². The number of aromatic nitrogens is 1. The van der Waals surface area contributed by atoms with Crippen molar-refractivity contribution in [2.75, 3.05) is 53.3 Å². The fourth-order valence-electron chi connectivity index (χ4n) is 7.38. The first-order valence-electron chi connectivity index (χ1n) is 22.1. The van der Waals surface area contributed by atoms with Gasteiger partial charge in [-0.15, -0.1) is 34.9 Å². The molecule has 0 aliphatic carbocycles. The molecule has 16 heteroatoms. The Bertz CT molecular complexity index is 2750. The second-order valence-electron chi connectivity index (χ2n) is 16.7. The highest BCUT2D eigenvalue weighted by Crippen LogP contribution is 2.38. The summed E-state index contributed by atoms with van der Waals surface area (Å²) in [5.41, 5.74) is 7.11. The molecular formula is C51H57N3O9S4. The van der Waals surface area contributed by atoms with Crippen molar-refractivity contribution in [3.8, 4) is 11.5 Å². The van der Waals surface area contributed by atoms with Crippen LogP contribution in [0.3, 0.4) is 0 Å². The van der Waals surface area contributed by atoms with Gasteiger partial charge in [0, 0.05) is 33.5 Å². The van der Waals surface area contributed by atoms with Crippen LogP contribution >= 0.6 is 46.6 Å². The van der Waals surface area contributed by atoms with Gasteiger partial charge in [0.15, 0.2) is 23.1 Å². The maximum Gasteiger partial charge on any atom is 0.315 e. The van der Waals surface area contributed by atoms with E-state index in [1.54, 1.807) is 41.7 Å². The number of esters is 1. The molecular weight excluding hydrogens is 927 g/mol. The molecule has 4 heterocycles. The van der Waals surface area contributed by atoms with Crippen molar-refractivity contribution in [3.05, 3.63) is 110 Å². The lowest BCUT2D eigenvalue weighted by molar-refractivity contribution is -0.137. The number of carbonyl (C=O) groups is 5. The highest BCUT2D eigenvalue weighted by Gasteiger charge is 2.38. The van der Waals surface area contributed by atoms with Gasteiger partial charge < -0.3 is 30.0 Å². The van der Waals surface area contributed by atoms with Crippen molar-refractivity contribution in [1.82, 2.24) is 4.98 Å². The molecule has 67 heavy (non-hydrogen) atoms. The van der Waals surface area contributed by atoms with Gasteiger partial charge in [-0.3, -0.25) is 24.0 Å². The van der Waals surface area contributed by atoms with E-state index in [9.17, 15) is 29.1 Å². The van der Waals surface area contributed by atoms with Gasteiger partial charge >= 0.3 is 5.97 Å². The number of fused-ring (bicyclic) bond motifs is 4. The molecule has 0 saturated carbocycles. The van der Waals surface area contributed by atoms with E-state index in [1.807, 2.05) is 69.3 Å². The van der Waals surface area contributed by atoms with E-state index in [0.717, 1.165) is 82.3 Å². The Balaban J connectivity index is 0.000000166. The predicted octanol–water partition coefficient (Wildman–Crippen LogP) is 9.42. The van der Waals surface area contributed by atoms with Gasteiger partial charge in [-0.05, 0) is 116 Å². The predicted molar refractivity (Wildman–Crippen MR) is 275 cm³/mol. The van der Waals surface area contributed by atoms with E-state index in [2.05, 4.69) is 33.9 Å². The number of carbonyl (C=O) groups excluding carboxylic acids is 5. The summed E-state index contributed by atoms with van der Waals surface area (Å²) in [6, 6.07) is 20.8. The van der Waals surface area contributed by atoms with Crippen LogP contribution < -0.4 is 30.0 Å². The lowest BCUT2D eigenvalue weighted by atomic mass is 9.85. The third-order valence-electron chi connectivity index (χ3n) is 11.2. The summed E-state index contributed by atoms with van der Waals surface area (Å²) in [5.74, 6) is 4.97. The number of amides is 2. The molecule has 3 aliphatic rings. The number of thioether (sulfide) groups is 3. The van der Waals surface area contributed by atoms with E-state index in [0.29, 0.717) is 29.2 Å². The lowest BCUT2D eigenvalue weighted by Gasteiger charge is -2.15. The summed E-state index contributed by atoms with van der Waals surface area (Å²) in [6.45, 7) is 12.0. The number of anilines is 2. The number of thiazole rings is 1. The van der Waals surface area contributed by atoms with Gasteiger partial charge in [0.2, 0.25) is 18.6 Å². The quantitative estimate of drug-likeness (QED) is 0.0432. The number of aliphatic hydroxyl groups is 1. The van der Waals surface area contributed by atoms with Crippen molar-refractivity contribution >= 4 is 110 Å². The fourth-order valence-corrected chi connectivity index (χ4v) is 10.7. The van der Waals surface area contributed by atoms with Crippen LogP contribution in [0.4, 0.5) is 11.4 Å². The zero-order valence-corrected chi connectivity index (χ0v) is 41.8. The number of methoxy groups -OCH3 is 1. The maximum absolute atomic E-state index is 12.4. The van der Waals surface area contributed by atoms with Crippen molar-refractivity contribution in [3.63, 3.8) is 0 Å². The number of ether oxygens (including phenoxy) is 3. The Labute approximate surface area is 408 Å². The van der Waals surface area contributed by atoms with Crippen LogP contribution in [-0.2, 0) is 36.7 Å². The Morgan fingerprint density at radius 3 is 2.42 bits per heavy atom. The number of hydrogen-bond donors (Lipinski definition) is 3. The number of benzene rings is 4. The minimum absolute atomic E-state index is 0.0143. The summed E-state index contributed by atoms with van der Waals surface area (Å²) in [4.78, 5) is 63.1. The van der Waals surface area contributed by atoms with Crippen LogP contribution in [0.5, 0.6) is 11.5 Å². The highest BCUT2D eigenvalue weighted by molar-refractivity contribution is 8.00. The van der Waals surface area contributed by atoms with E-state index < -0.39 is 5.41 Å². The molecule has 0 fully saturated rings. The number of unbranched alkanes of at least 4 members (excludes halogenated alkanes) is 4. The molecule has 0 unspecified atom stereocenters. The number of Topliss-reactive ketones (excluding diaryl/α,β-unsaturated/α-hetero) is 2. The second kappa shape index (κ2) is 24.1. The summed E-state index contributed by atoms with van der Waals surface area (Å²) in [7, 11) is 1.32. The van der Waals surface area contributed by atoms with Crippen LogP contribution in [0, 0.1) is 6.92 Å². The highest BCUT2D eigenvalue weighted by atomic mass is 32.2. The van der Waals surface area contributed by atoms with Crippen LogP contribution in [0.2, 0.25) is 0 Å². The zero-order chi connectivity index (χ0) is 48.1. The second-order valence-corrected chi connectivity index (χ2v) is 20.9. The molecule has 12 nitrogen and oxygen atoms in total. The van der Waals surface area contributed by atoms with Gasteiger partial charge in [-0.1, -0.05) is 45.3 Å². The molecule has 4 aromatic carbocycles. The molecule has 8 rings (SSSR count). The van der Waals surface area contributed by atoms with Crippen molar-refractivity contribution in [2.45, 2.75) is 77.4 Å². The number of rotatable bonds is 18. The normalized spacial score (nSPS) is 14.2. The molecule has 2 amide bonds. The average molecular weight is 984 g/mol. The topological polar surface area (TPSA) is 170 Å². The summed E-state index contributed by atoms with van der Waals surface area (Å²) in [6.07, 6.45) is 6.72. The largest absolute Gasteiger partial charge is 0.511 e. The molecule has 354 valence electrons. The van der Waals surface area contributed by atoms with Gasteiger partial charge in [-0.25, -0.2) is 4.98 Å². The molecule has 0 radical (unpaired) electrons. The third-order valence-corrected chi connectivity index (χ3v) is 15.1. The van der Waals surface area contributed by atoms with Crippen LogP contribution in [0.25, 0.3) is 22.6 Å². The molecule has 1 aromatic heterocycles. The molecule has 0 saturated heterocycles. The van der Waals surface area contributed by atoms with Gasteiger partial charge in [-0.2, -0.15) is 11.8 Å². The van der Waals surface area contributed by atoms with E-state index in [-0.39, 0.29) is 47.6 Å². The number of nitrogens with zero attached hydrogens (tertiary/aromatic N) is 1. The molecule has 0 bridgehead atoms. The minimum Gasteiger partial charge on any atom is -0.511 e. The average Bonchev–Trinajstić information content (AvgIpc) is 4.08. The maximum atomic E-state index is 12.4. The number of aryl methyl sites for hydroxylation is 1. The molecule has 0 atom stereocenters. The first kappa shape index (κ1) is 51.1. The van der Waals surface area contributed by atoms with Gasteiger partial charge in [0.1, 0.15) is 10.4 Å². The number of hydrogen-bond acceptors (Lipinski definition) is 14. The molecule has 3 N–H and O–H groups in total. The zero-order valence-electron chi connectivity index (χ0n) is 38.5. The summed E-state index contributed by atoms with van der Waals surface area (Å²) >= 11 is 6.13. The Kier molecular flexibility index (Phi) is 18.4. The number of aliphatic hydroxyl groups excluding tert-OH is 1. The monoisotopic (exact) mass is 983 g/mol. The Hall–Kier alpha value is -5.29. The summed E-state index contributed by atoms with van der Waals surface area (Å²) in [5, 5.41) is 16.8. The van der Waals surface area contributed by atoms with Crippen molar-refractivity contribution in [1.29, 1.82) is 0 Å². The van der Waals surface area contributed by atoms with Gasteiger partial charge in [0.05, 0.1) is 52.2 Å². The van der Waals surface area contributed by atoms with Crippen LogP contribution in [0.1, 0.15) is 95.8 Å². The van der Waals surface area contributed by atoms with Crippen LogP contribution in [-0.4, -0.2) is 82.1 Å². The van der Waals surface area contributed by atoms with E-state index >= 15 is 0 Å². The van der Waals surface area contributed by atoms with E-state index in [4.69, 9.17) is 9.47 Å². The van der Waals surface area contributed by atoms with E-state index in [1.165, 1.54) is 62.3 Å². The first-order valence-corrected chi connectivity index (χ1v) is 26.4. The SMILES string of the molecule is C=c1nc2ccc(=C(O)CSCc3ccc4c(c3)OCO4)cc2s1.CCCCCCCSCC(=O)c1cc2c(cc1C)NC(=O)C2.COC(=O)CSCC(=O)c1ccc2c(c1)C(C)(C)C(=O)N2. The van der Waals surface area contributed by atoms with Crippen molar-refractivity contribution in [2.24, 2.45) is 0 Å². The number of ketones is 2. The first-order chi connectivity index (χ1) is 32.2. The molecule has 3 aliphatic heterocycles. The van der Waals surface area contributed by atoms with Crippen molar-refractivity contribution < 1.29 is 43.3 Å². The summed E-state index contributed by atoms with van der Waals surface area (Å²) < 4.78 is 17.0. The smallest absolute Gasteiger partial charge is 0.315 e. The minimum atomic E-state index is -0.634.